The Morgan fingerprint density at radius 2 is 2.13 bits per heavy atom. The average Bonchev–Trinajstić information content (AvgIpc) is 2.68. The number of pyridine rings is 1. The van der Waals surface area contributed by atoms with Gasteiger partial charge in [0.25, 0.3) is 0 Å². The molecule has 5 heteroatoms. The maximum Gasteiger partial charge on any atom is 0.353 e. The number of carboxylic acid groups (broad SMARTS) is 1. The Balaban J connectivity index is 2.37. The van der Waals surface area contributed by atoms with E-state index in [1.807, 2.05) is 19.1 Å². The number of aromatic amines is 1. The normalized spacial score (nSPS) is 10.2. The molecule has 0 radical (unpaired) electrons. The minimum atomic E-state index is -1.02. The van der Waals surface area contributed by atoms with Gasteiger partial charge in [-0.1, -0.05) is 0 Å². The van der Waals surface area contributed by atoms with Crippen LogP contribution in [-0.2, 0) is 0 Å². The number of hydrogen-bond acceptors (Lipinski definition) is 3. The number of hydrogen-bond donors (Lipinski definition) is 2. The van der Waals surface area contributed by atoms with E-state index in [1.54, 1.807) is 6.20 Å². The summed E-state index contributed by atoms with van der Waals surface area (Å²) in [6.07, 6.45) is 2.94. The molecular weight excluding hydrogens is 194 g/mol. The van der Waals surface area contributed by atoms with Gasteiger partial charge in [0.05, 0.1) is 6.20 Å². The minimum absolute atomic E-state index is 0.0746. The van der Waals surface area contributed by atoms with Gasteiger partial charge in [0.2, 0.25) is 0 Å². The van der Waals surface area contributed by atoms with Gasteiger partial charge in [-0.25, -0.2) is 9.78 Å². The number of nitrogens with zero attached hydrogens (tertiary/aromatic N) is 2. The van der Waals surface area contributed by atoms with Crippen molar-refractivity contribution >= 4 is 5.97 Å². The molecule has 76 valence electrons. The molecule has 2 heterocycles. The first kappa shape index (κ1) is 9.39. The molecule has 2 aromatic rings. The lowest BCUT2D eigenvalue weighted by Gasteiger charge is -1.96. The lowest BCUT2D eigenvalue weighted by molar-refractivity contribution is 0.0691. The molecule has 0 amide bonds. The SMILES string of the molecule is Cc1ccc(-c2ncc(C(=O)O)[nH]2)cn1. The van der Waals surface area contributed by atoms with Gasteiger partial charge in [0, 0.05) is 17.5 Å². The van der Waals surface area contributed by atoms with Crippen molar-refractivity contribution < 1.29 is 9.90 Å². The summed E-state index contributed by atoms with van der Waals surface area (Å²) < 4.78 is 0. The van der Waals surface area contributed by atoms with Crippen molar-refractivity contribution in [2.45, 2.75) is 6.92 Å². The van der Waals surface area contributed by atoms with E-state index < -0.39 is 5.97 Å². The van der Waals surface area contributed by atoms with Gasteiger partial charge in [0.15, 0.2) is 0 Å². The van der Waals surface area contributed by atoms with Crippen LogP contribution in [0, 0.1) is 6.92 Å². The van der Waals surface area contributed by atoms with Gasteiger partial charge in [-0.2, -0.15) is 0 Å². The number of H-pyrrole nitrogens is 1. The van der Waals surface area contributed by atoms with Gasteiger partial charge in [-0.05, 0) is 19.1 Å². The largest absolute Gasteiger partial charge is 0.477 e. The first-order valence-electron chi connectivity index (χ1n) is 4.38. The van der Waals surface area contributed by atoms with Gasteiger partial charge < -0.3 is 10.1 Å². The monoisotopic (exact) mass is 203 g/mol. The summed E-state index contributed by atoms with van der Waals surface area (Å²) in [6.45, 7) is 1.88. The fourth-order valence-electron chi connectivity index (χ4n) is 1.18. The van der Waals surface area contributed by atoms with Crippen LogP contribution >= 0.6 is 0 Å². The quantitative estimate of drug-likeness (QED) is 0.774. The molecule has 0 aromatic carbocycles. The maximum absolute atomic E-state index is 10.6. The number of carboxylic acids is 1. The zero-order valence-corrected chi connectivity index (χ0v) is 8.06. The van der Waals surface area contributed by atoms with Crippen molar-refractivity contribution in [2.75, 3.05) is 0 Å². The van der Waals surface area contributed by atoms with Gasteiger partial charge >= 0.3 is 5.97 Å². The smallest absolute Gasteiger partial charge is 0.353 e. The third-order valence-corrected chi connectivity index (χ3v) is 1.99. The Morgan fingerprint density at radius 1 is 1.33 bits per heavy atom. The van der Waals surface area contributed by atoms with E-state index in [-0.39, 0.29) is 5.69 Å². The van der Waals surface area contributed by atoms with Crippen molar-refractivity contribution in [3.63, 3.8) is 0 Å². The standard InChI is InChI=1S/C10H9N3O2/c1-6-2-3-7(4-11-6)9-12-5-8(13-9)10(14)15/h2-5H,1H3,(H,12,13)(H,14,15). The molecule has 0 aliphatic rings. The number of aryl methyl sites for hydroxylation is 1. The topological polar surface area (TPSA) is 78.9 Å². The van der Waals surface area contributed by atoms with Crippen LogP contribution in [0.4, 0.5) is 0 Å². The van der Waals surface area contributed by atoms with E-state index in [4.69, 9.17) is 5.11 Å². The average molecular weight is 203 g/mol. The zero-order valence-electron chi connectivity index (χ0n) is 8.06. The highest BCUT2D eigenvalue weighted by atomic mass is 16.4. The second-order valence-electron chi connectivity index (χ2n) is 3.14. The number of carbonyl (C=O) groups is 1. The number of aromatic nitrogens is 3. The van der Waals surface area contributed by atoms with Crippen LogP contribution in [0.15, 0.2) is 24.5 Å². The number of aromatic carboxylic acids is 1. The van der Waals surface area contributed by atoms with E-state index in [0.29, 0.717) is 5.82 Å². The first-order valence-corrected chi connectivity index (χ1v) is 4.38. The molecule has 5 nitrogen and oxygen atoms in total. The summed E-state index contributed by atoms with van der Waals surface area (Å²) in [5, 5.41) is 8.70. The Hall–Kier alpha value is -2.17. The lowest BCUT2D eigenvalue weighted by atomic mass is 10.2. The Morgan fingerprint density at radius 3 is 2.67 bits per heavy atom. The highest BCUT2D eigenvalue weighted by Crippen LogP contribution is 2.14. The Bertz CT molecular complexity index is 488. The minimum Gasteiger partial charge on any atom is -0.477 e. The molecule has 2 aromatic heterocycles. The van der Waals surface area contributed by atoms with E-state index in [0.717, 1.165) is 11.3 Å². The molecule has 0 saturated carbocycles. The molecule has 0 spiro atoms. The molecule has 0 unspecified atom stereocenters. The zero-order chi connectivity index (χ0) is 10.8. The Kier molecular flexibility index (Phi) is 2.21. The number of rotatable bonds is 2. The first-order chi connectivity index (χ1) is 7.16. The summed E-state index contributed by atoms with van der Waals surface area (Å²) >= 11 is 0. The van der Waals surface area contributed by atoms with E-state index in [2.05, 4.69) is 15.0 Å². The summed E-state index contributed by atoms with van der Waals surface area (Å²) in [4.78, 5) is 21.4. The van der Waals surface area contributed by atoms with Crippen LogP contribution in [0.25, 0.3) is 11.4 Å². The molecule has 2 N–H and O–H groups in total. The molecule has 0 aliphatic carbocycles. The van der Waals surface area contributed by atoms with Crippen LogP contribution in [0.3, 0.4) is 0 Å². The highest BCUT2D eigenvalue weighted by Gasteiger charge is 2.08. The number of imidazole rings is 1. The van der Waals surface area contributed by atoms with Gasteiger partial charge in [-0.3, -0.25) is 4.98 Å². The molecule has 0 fully saturated rings. The molecular formula is C10H9N3O2. The second-order valence-corrected chi connectivity index (χ2v) is 3.14. The number of nitrogens with one attached hydrogen (secondary N) is 1. The molecule has 15 heavy (non-hydrogen) atoms. The summed E-state index contributed by atoms with van der Waals surface area (Å²) in [7, 11) is 0. The van der Waals surface area contributed by atoms with Crippen LogP contribution < -0.4 is 0 Å². The fourth-order valence-corrected chi connectivity index (χ4v) is 1.18. The van der Waals surface area contributed by atoms with Crippen LogP contribution in [0.5, 0.6) is 0 Å². The van der Waals surface area contributed by atoms with Crippen molar-refractivity contribution in [3.05, 3.63) is 35.9 Å². The van der Waals surface area contributed by atoms with Crippen LogP contribution in [0.1, 0.15) is 16.2 Å². The molecule has 0 aliphatic heterocycles. The van der Waals surface area contributed by atoms with Gasteiger partial charge in [-0.15, -0.1) is 0 Å². The van der Waals surface area contributed by atoms with Gasteiger partial charge in [0.1, 0.15) is 11.5 Å². The van der Waals surface area contributed by atoms with E-state index in [9.17, 15) is 4.79 Å². The Labute approximate surface area is 85.8 Å². The summed E-state index contributed by atoms with van der Waals surface area (Å²) in [6, 6.07) is 3.69. The van der Waals surface area contributed by atoms with Crippen molar-refractivity contribution in [2.24, 2.45) is 0 Å². The summed E-state index contributed by atoms with van der Waals surface area (Å²) in [5.74, 6) is -0.506. The molecule has 0 bridgehead atoms. The molecule has 0 atom stereocenters. The fraction of sp³-hybridized carbons (Fsp3) is 0.100. The molecule has 2 rings (SSSR count). The predicted molar refractivity (Wildman–Crippen MR) is 53.5 cm³/mol. The van der Waals surface area contributed by atoms with Crippen LogP contribution in [0.2, 0.25) is 0 Å². The van der Waals surface area contributed by atoms with Crippen molar-refractivity contribution in [3.8, 4) is 11.4 Å². The highest BCUT2D eigenvalue weighted by molar-refractivity contribution is 5.85. The maximum atomic E-state index is 10.6. The third-order valence-electron chi connectivity index (χ3n) is 1.99. The van der Waals surface area contributed by atoms with E-state index >= 15 is 0 Å². The van der Waals surface area contributed by atoms with Crippen molar-refractivity contribution in [1.82, 2.24) is 15.0 Å². The predicted octanol–water partition coefficient (Wildman–Crippen LogP) is 1.48. The third kappa shape index (κ3) is 1.85. The second kappa shape index (κ2) is 3.53. The summed E-state index contributed by atoms with van der Waals surface area (Å²) in [5.41, 5.74) is 1.75. The van der Waals surface area contributed by atoms with Crippen LogP contribution in [-0.4, -0.2) is 26.0 Å². The molecule has 0 saturated heterocycles. The van der Waals surface area contributed by atoms with Crippen molar-refractivity contribution in [1.29, 1.82) is 0 Å². The van der Waals surface area contributed by atoms with E-state index in [1.165, 1.54) is 6.20 Å². The lowest BCUT2D eigenvalue weighted by Crippen LogP contribution is -1.95.